The fourth-order valence-corrected chi connectivity index (χ4v) is 3.72. The second-order valence-electron chi connectivity index (χ2n) is 8.45. The number of fused-ring (bicyclic) bond motifs is 1. The van der Waals surface area contributed by atoms with Gasteiger partial charge in [-0.1, -0.05) is 18.2 Å². The van der Waals surface area contributed by atoms with Gasteiger partial charge in [-0.15, -0.1) is 0 Å². The fourth-order valence-electron chi connectivity index (χ4n) is 3.17. The number of hydrogen-bond acceptors (Lipinski definition) is 5. The summed E-state index contributed by atoms with van der Waals surface area (Å²) in [4.78, 5) is 12.7. The van der Waals surface area contributed by atoms with Crippen LogP contribution in [0.15, 0.2) is 16.5 Å². The van der Waals surface area contributed by atoms with Gasteiger partial charge < -0.3 is 14.0 Å². The molecule has 0 saturated heterocycles. The monoisotopic (exact) mass is 415 g/mol. The summed E-state index contributed by atoms with van der Waals surface area (Å²) in [5, 5.41) is 0. The van der Waals surface area contributed by atoms with Gasteiger partial charge >= 0.3 is 5.97 Å². The van der Waals surface area contributed by atoms with Crippen LogP contribution >= 0.6 is 0 Å². The van der Waals surface area contributed by atoms with E-state index in [-0.39, 0.29) is 19.0 Å². The number of carbonyl (C=O) groups is 1. The summed E-state index contributed by atoms with van der Waals surface area (Å²) >= 11 is -1.58. The van der Waals surface area contributed by atoms with E-state index in [1.54, 1.807) is 27.7 Å². The van der Waals surface area contributed by atoms with Crippen LogP contribution in [-0.2, 0) is 20.9 Å². The molecule has 1 aromatic carbocycles. The molecule has 1 aliphatic heterocycles. The van der Waals surface area contributed by atoms with Gasteiger partial charge in [-0.3, -0.25) is 4.79 Å². The quantitative estimate of drug-likeness (QED) is 0.411. The van der Waals surface area contributed by atoms with Crippen molar-refractivity contribution in [2.24, 2.45) is 15.7 Å². The van der Waals surface area contributed by atoms with Crippen molar-refractivity contribution in [3.05, 3.63) is 29.3 Å². The zero-order chi connectivity index (χ0) is 21.3. The molecule has 2 rings (SSSR count). The Balaban J connectivity index is 2.56. The second-order valence-corrected chi connectivity index (χ2v) is 10.4. The van der Waals surface area contributed by atoms with Crippen LogP contribution in [0, 0.1) is 23.0 Å². The second kappa shape index (κ2) is 8.37. The molecule has 5 nitrogen and oxygen atoms in total. The molecule has 0 aromatic heterocycles. The van der Waals surface area contributed by atoms with Crippen molar-refractivity contribution in [2.45, 2.75) is 52.2 Å². The Bertz CT molecular complexity index is 761. The van der Waals surface area contributed by atoms with E-state index in [0.29, 0.717) is 5.56 Å². The summed E-state index contributed by atoms with van der Waals surface area (Å²) in [6.07, 6.45) is 1.32. The molecule has 3 unspecified atom stereocenters. The Morgan fingerprint density at radius 1 is 1.43 bits per heavy atom. The van der Waals surface area contributed by atoms with Crippen molar-refractivity contribution in [2.75, 3.05) is 13.2 Å². The molecule has 1 heterocycles. The summed E-state index contributed by atoms with van der Waals surface area (Å²) in [6, 6.07) is 2.04. The van der Waals surface area contributed by atoms with Crippen LogP contribution in [0.3, 0.4) is 0 Å². The maximum atomic E-state index is 14.0. The molecule has 0 aliphatic carbocycles. The Labute approximate surface area is 167 Å². The minimum atomic E-state index is -1.58. The lowest BCUT2D eigenvalue weighted by atomic mass is 9.67. The van der Waals surface area contributed by atoms with E-state index in [0.717, 1.165) is 12.1 Å². The molecule has 1 aromatic rings. The number of esters is 1. The molecule has 156 valence electrons. The van der Waals surface area contributed by atoms with E-state index >= 15 is 0 Å². The Kier molecular flexibility index (Phi) is 6.76. The van der Waals surface area contributed by atoms with E-state index in [9.17, 15) is 18.1 Å². The Morgan fingerprint density at radius 3 is 2.61 bits per heavy atom. The number of rotatable bonds is 5. The first-order chi connectivity index (χ1) is 12.9. The molecule has 1 aliphatic rings. The first kappa shape index (κ1) is 22.6. The number of halogens is 2. The molecule has 3 atom stereocenters. The lowest BCUT2D eigenvalue weighted by Gasteiger charge is -2.41. The maximum absolute atomic E-state index is 14.0. The lowest BCUT2D eigenvalue weighted by molar-refractivity contribution is -0.147. The Morgan fingerprint density at radius 2 is 2.04 bits per heavy atom. The van der Waals surface area contributed by atoms with Crippen molar-refractivity contribution >= 4 is 23.5 Å². The zero-order valence-electron chi connectivity index (χ0n) is 17.0. The molecule has 0 bridgehead atoms. The van der Waals surface area contributed by atoms with Gasteiger partial charge in [0.15, 0.2) is 11.6 Å². The SMILES string of the molecule is CCOC(=O)C(C=N[S+]([O-])C(C)(C)C)C1c2cc(F)c(F)cc2OCC1(C)C. The third-order valence-corrected chi connectivity index (χ3v) is 5.95. The standard InChI is InChI=1S/C20H27F2NO4S/c1-7-26-18(24)13(10-23-28(25)19(2,3)4)17-12-8-14(21)15(22)9-16(12)27-11-20(17,5)6/h8-10,13,17H,7,11H2,1-6H3. The van der Waals surface area contributed by atoms with E-state index < -0.39 is 51.0 Å². The smallest absolute Gasteiger partial charge is 0.315 e. The average Bonchev–Trinajstić information content (AvgIpc) is 2.57. The van der Waals surface area contributed by atoms with E-state index in [1.165, 1.54) is 6.21 Å². The molecule has 0 spiro atoms. The highest BCUT2D eigenvalue weighted by Gasteiger charge is 2.46. The highest BCUT2D eigenvalue weighted by Crippen LogP contribution is 2.49. The summed E-state index contributed by atoms with van der Waals surface area (Å²) in [5.74, 6) is -3.94. The molecule has 28 heavy (non-hydrogen) atoms. The first-order valence-corrected chi connectivity index (χ1v) is 10.2. The van der Waals surface area contributed by atoms with Gasteiger partial charge in [0.25, 0.3) is 0 Å². The van der Waals surface area contributed by atoms with Gasteiger partial charge in [0, 0.05) is 23.0 Å². The topological polar surface area (TPSA) is 71.0 Å². The van der Waals surface area contributed by atoms with Crippen LogP contribution in [0.25, 0.3) is 0 Å². The largest absolute Gasteiger partial charge is 0.591 e. The first-order valence-electron chi connectivity index (χ1n) is 9.13. The number of nitrogens with zero attached hydrogens (tertiary/aromatic N) is 1. The average molecular weight is 416 g/mol. The number of benzene rings is 1. The van der Waals surface area contributed by atoms with E-state index in [2.05, 4.69) is 4.40 Å². The predicted molar refractivity (Wildman–Crippen MR) is 105 cm³/mol. The predicted octanol–water partition coefficient (Wildman–Crippen LogP) is 4.18. The van der Waals surface area contributed by atoms with Crippen LogP contribution in [-0.4, -0.2) is 34.7 Å². The van der Waals surface area contributed by atoms with Crippen LogP contribution in [0.2, 0.25) is 0 Å². The molecule has 8 heteroatoms. The number of ether oxygens (including phenoxy) is 2. The Hall–Kier alpha value is -1.67. The summed E-state index contributed by atoms with van der Waals surface area (Å²) in [7, 11) is 0. The molecule has 0 N–H and O–H groups in total. The number of carbonyl (C=O) groups excluding carboxylic acids is 1. The fraction of sp³-hybridized carbons (Fsp3) is 0.600. The molecule has 0 radical (unpaired) electrons. The highest BCUT2D eigenvalue weighted by atomic mass is 32.2. The summed E-state index contributed by atoms with van der Waals surface area (Å²) < 4.78 is 54.3. The van der Waals surface area contributed by atoms with Gasteiger partial charge in [0.05, 0.1) is 19.4 Å². The maximum Gasteiger partial charge on any atom is 0.315 e. The van der Waals surface area contributed by atoms with Gasteiger partial charge in [0.2, 0.25) is 0 Å². The molecule has 0 saturated carbocycles. The lowest BCUT2D eigenvalue weighted by Crippen LogP contribution is -2.42. The van der Waals surface area contributed by atoms with Crippen molar-refractivity contribution in [3.8, 4) is 5.75 Å². The van der Waals surface area contributed by atoms with Gasteiger partial charge in [-0.25, -0.2) is 8.78 Å². The minimum Gasteiger partial charge on any atom is -0.591 e. The van der Waals surface area contributed by atoms with Gasteiger partial charge in [-0.05, 0) is 33.8 Å². The zero-order valence-corrected chi connectivity index (χ0v) is 17.9. The molecule has 0 fully saturated rings. The van der Waals surface area contributed by atoms with Gasteiger partial charge in [-0.2, -0.15) is 0 Å². The highest BCUT2D eigenvalue weighted by molar-refractivity contribution is 7.91. The third kappa shape index (κ3) is 4.84. The molecular formula is C20H27F2NO4S. The van der Waals surface area contributed by atoms with Gasteiger partial charge in [0.1, 0.15) is 27.8 Å². The normalized spacial score (nSPS) is 21.0. The summed E-state index contributed by atoms with van der Waals surface area (Å²) in [6.45, 7) is 11.1. The van der Waals surface area contributed by atoms with E-state index in [4.69, 9.17) is 9.47 Å². The van der Waals surface area contributed by atoms with Crippen LogP contribution < -0.4 is 4.74 Å². The minimum absolute atomic E-state index is 0.153. The van der Waals surface area contributed by atoms with Crippen molar-refractivity contribution < 1.29 is 27.6 Å². The van der Waals surface area contributed by atoms with Crippen LogP contribution in [0.5, 0.6) is 5.75 Å². The van der Waals surface area contributed by atoms with Crippen molar-refractivity contribution in [3.63, 3.8) is 0 Å². The molecular weight excluding hydrogens is 388 g/mol. The number of hydrogen-bond donors (Lipinski definition) is 0. The molecule has 0 amide bonds. The van der Waals surface area contributed by atoms with Crippen molar-refractivity contribution in [1.82, 2.24) is 0 Å². The van der Waals surface area contributed by atoms with E-state index in [1.807, 2.05) is 13.8 Å². The van der Waals surface area contributed by atoms with Crippen molar-refractivity contribution in [1.29, 1.82) is 0 Å². The third-order valence-electron chi connectivity index (χ3n) is 4.59. The van der Waals surface area contributed by atoms with Crippen LogP contribution in [0.4, 0.5) is 8.78 Å². The van der Waals surface area contributed by atoms with Crippen LogP contribution in [0.1, 0.15) is 53.0 Å². The summed E-state index contributed by atoms with van der Waals surface area (Å²) in [5.41, 5.74) is -0.245.